The van der Waals surface area contributed by atoms with Crippen molar-refractivity contribution in [3.63, 3.8) is 0 Å². The zero-order chi connectivity index (χ0) is 17.1. The van der Waals surface area contributed by atoms with Gasteiger partial charge in [-0.3, -0.25) is 4.90 Å². The third kappa shape index (κ3) is 3.81. The molecule has 24 heavy (non-hydrogen) atoms. The number of ether oxygens (including phenoxy) is 1. The zero-order valence-corrected chi connectivity index (χ0v) is 15.5. The van der Waals surface area contributed by atoms with Crippen LogP contribution in [0.5, 0.6) is 0 Å². The van der Waals surface area contributed by atoms with E-state index in [2.05, 4.69) is 33.5 Å². The number of aryl methyl sites for hydroxylation is 1. The Morgan fingerprint density at radius 1 is 1.17 bits per heavy atom. The SMILES string of the molecule is Cc1cnc(N2CCC(C(C)N3CCOCC3)CC2)nc1N(C)C. The van der Waals surface area contributed by atoms with Crippen molar-refractivity contribution in [3.8, 4) is 0 Å². The molecule has 1 aromatic heterocycles. The summed E-state index contributed by atoms with van der Waals surface area (Å²) in [5.41, 5.74) is 1.12. The summed E-state index contributed by atoms with van der Waals surface area (Å²) in [4.78, 5) is 16.3. The molecule has 0 amide bonds. The van der Waals surface area contributed by atoms with E-state index in [1.165, 1.54) is 12.8 Å². The Kier molecular flexibility index (Phi) is 5.56. The summed E-state index contributed by atoms with van der Waals surface area (Å²) in [6.07, 6.45) is 4.38. The van der Waals surface area contributed by atoms with Crippen LogP contribution in [0.25, 0.3) is 0 Å². The first-order valence-electron chi connectivity index (χ1n) is 9.14. The summed E-state index contributed by atoms with van der Waals surface area (Å²) in [6, 6.07) is 0.646. The molecule has 3 heterocycles. The molecule has 0 aromatic carbocycles. The Balaban J connectivity index is 1.59. The Labute approximate surface area is 145 Å². The quantitative estimate of drug-likeness (QED) is 0.837. The maximum absolute atomic E-state index is 5.48. The molecule has 134 valence electrons. The van der Waals surface area contributed by atoms with Crippen molar-refractivity contribution < 1.29 is 4.74 Å². The van der Waals surface area contributed by atoms with E-state index in [0.29, 0.717) is 6.04 Å². The normalized spacial score (nSPS) is 21.8. The molecular weight excluding hydrogens is 302 g/mol. The Morgan fingerprint density at radius 3 is 2.46 bits per heavy atom. The first-order chi connectivity index (χ1) is 11.6. The number of piperidine rings is 1. The summed E-state index contributed by atoms with van der Waals surface area (Å²) in [7, 11) is 4.07. The van der Waals surface area contributed by atoms with E-state index >= 15 is 0 Å². The molecule has 2 aliphatic heterocycles. The molecule has 2 aliphatic rings. The van der Waals surface area contributed by atoms with Gasteiger partial charge in [-0.15, -0.1) is 0 Å². The highest BCUT2D eigenvalue weighted by atomic mass is 16.5. The predicted molar refractivity (Wildman–Crippen MR) is 97.9 cm³/mol. The van der Waals surface area contributed by atoms with Crippen LogP contribution in [0.3, 0.4) is 0 Å². The van der Waals surface area contributed by atoms with Gasteiger partial charge in [0.05, 0.1) is 13.2 Å². The van der Waals surface area contributed by atoms with E-state index in [9.17, 15) is 0 Å². The van der Waals surface area contributed by atoms with E-state index in [1.807, 2.05) is 20.3 Å². The van der Waals surface area contributed by atoms with Gasteiger partial charge in [-0.1, -0.05) is 0 Å². The topological polar surface area (TPSA) is 44.7 Å². The van der Waals surface area contributed by atoms with Crippen LogP contribution in [0, 0.1) is 12.8 Å². The first kappa shape index (κ1) is 17.4. The largest absolute Gasteiger partial charge is 0.379 e. The van der Waals surface area contributed by atoms with Gasteiger partial charge in [-0.25, -0.2) is 4.98 Å². The highest BCUT2D eigenvalue weighted by Gasteiger charge is 2.29. The van der Waals surface area contributed by atoms with Gasteiger partial charge in [0.1, 0.15) is 5.82 Å². The monoisotopic (exact) mass is 333 g/mol. The summed E-state index contributed by atoms with van der Waals surface area (Å²) in [5.74, 6) is 2.66. The average molecular weight is 333 g/mol. The predicted octanol–water partition coefficient (Wildman–Crippen LogP) is 1.79. The van der Waals surface area contributed by atoms with Crippen LogP contribution in [-0.2, 0) is 4.74 Å². The fourth-order valence-electron chi connectivity index (χ4n) is 3.89. The fraction of sp³-hybridized carbons (Fsp3) is 0.778. The van der Waals surface area contributed by atoms with Crippen LogP contribution < -0.4 is 9.80 Å². The van der Waals surface area contributed by atoms with Gasteiger partial charge in [0.25, 0.3) is 0 Å². The second-order valence-electron chi connectivity index (χ2n) is 7.28. The van der Waals surface area contributed by atoms with Gasteiger partial charge in [0, 0.05) is 58.1 Å². The molecule has 0 bridgehead atoms. The third-order valence-electron chi connectivity index (χ3n) is 5.48. The van der Waals surface area contributed by atoms with Gasteiger partial charge in [0.15, 0.2) is 0 Å². The molecule has 0 radical (unpaired) electrons. The molecular formula is C18H31N5O. The van der Waals surface area contributed by atoms with E-state index < -0.39 is 0 Å². The number of anilines is 2. The molecule has 3 rings (SSSR count). The molecule has 1 atom stereocenters. The number of nitrogens with zero attached hydrogens (tertiary/aromatic N) is 5. The second kappa shape index (κ2) is 7.66. The number of aromatic nitrogens is 2. The zero-order valence-electron chi connectivity index (χ0n) is 15.5. The minimum Gasteiger partial charge on any atom is -0.379 e. The molecule has 1 aromatic rings. The second-order valence-corrected chi connectivity index (χ2v) is 7.28. The van der Waals surface area contributed by atoms with Crippen LogP contribution >= 0.6 is 0 Å². The van der Waals surface area contributed by atoms with Crippen LogP contribution in [0.15, 0.2) is 6.20 Å². The number of rotatable bonds is 4. The van der Waals surface area contributed by atoms with Crippen molar-refractivity contribution in [1.82, 2.24) is 14.9 Å². The van der Waals surface area contributed by atoms with Gasteiger partial charge >= 0.3 is 0 Å². The van der Waals surface area contributed by atoms with E-state index in [0.717, 1.165) is 62.6 Å². The highest BCUT2D eigenvalue weighted by Crippen LogP contribution is 2.27. The Hall–Kier alpha value is -1.40. The standard InChI is InChI=1S/C18H31N5O/c1-14-13-19-18(20-17(14)21(3)4)23-7-5-16(6-8-23)15(2)22-9-11-24-12-10-22/h13,15-16H,5-12H2,1-4H3. The molecule has 0 spiro atoms. The van der Waals surface area contributed by atoms with E-state index in [1.54, 1.807) is 0 Å². The first-order valence-corrected chi connectivity index (χ1v) is 9.14. The van der Waals surface area contributed by atoms with Crippen molar-refractivity contribution in [3.05, 3.63) is 11.8 Å². The van der Waals surface area contributed by atoms with Crippen molar-refractivity contribution in [2.24, 2.45) is 5.92 Å². The minimum absolute atomic E-state index is 0.646. The molecule has 6 nitrogen and oxygen atoms in total. The lowest BCUT2D eigenvalue weighted by molar-refractivity contribution is 0.00446. The van der Waals surface area contributed by atoms with E-state index in [4.69, 9.17) is 9.72 Å². The lowest BCUT2D eigenvalue weighted by atomic mass is 9.89. The van der Waals surface area contributed by atoms with Crippen LogP contribution in [0.1, 0.15) is 25.3 Å². The van der Waals surface area contributed by atoms with Gasteiger partial charge in [-0.05, 0) is 32.6 Å². The van der Waals surface area contributed by atoms with Gasteiger partial charge in [0.2, 0.25) is 5.95 Å². The molecule has 6 heteroatoms. The van der Waals surface area contributed by atoms with Crippen molar-refractivity contribution >= 4 is 11.8 Å². The van der Waals surface area contributed by atoms with Crippen LogP contribution in [0.4, 0.5) is 11.8 Å². The van der Waals surface area contributed by atoms with Crippen molar-refractivity contribution in [1.29, 1.82) is 0 Å². The van der Waals surface area contributed by atoms with Crippen molar-refractivity contribution in [2.45, 2.75) is 32.7 Å². The minimum atomic E-state index is 0.646. The number of morpholine rings is 1. The van der Waals surface area contributed by atoms with Crippen LogP contribution in [0.2, 0.25) is 0 Å². The summed E-state index contributed by atoms with van der Waals surface area (Å²) in [6.45, 7) is 10.5. The average Bonchev–Trinajstić information content (AvgIpc) is 2.62. The summed E-state index contributed by atoms with van der Waals surface area (Å²) >= 11 is 0. The Morgan fingerprint density at radius 2 is 1.83 bits per heavy atom. The van der Waals surface area contributed by atoms with Crippen molar-refractivity contribution in [2.75, 3.05) is 63.3 Å². The lowest BCUT2D eigenvalue weighted by Crippen LogP contribution is -2.48. The molecule has 0 saturated carbocycles. The molecule has 1 unspecified atom stereocenters. The molecule has 0 aliphatic carbocycles. The van der Waals surface area contributed by atoms with Gasteiger partial charge in [-0.2, -0.15) is 4.98 Å². The van der Waals surface area contributed by atoms with Gasteiger partial charge < -0.3 is 14.5 Å². The Bertz CT molecular complexity index is 536. The maximum Gasteiger partial charge on any atom is 0.227 e. The third-order valence-corrected chi connectivity index (χ3v) is 5.48. The fourth-order valence-corrected chi connectivity index (χ4v) is 3.89. The molecule has 2 fully saturated rings. The van der Waals surface area contributed by atoms with E-state index in [-0.39, 0.29) is 0 Å². The summed E-state index contributed by atoms with van der Waals surface area (Å²) < 4.78 is 5.48. The molecule has 0 N–H and O–H groups in total. The lowest BCUT2D eigenvalue weighted by Gasteiger charge is -2.41. The maximum atomic E-state index is 5.48. The number of hydrogen-bond acceptors (Lipinski definition) is 6. The number of hydrogen-bond donors (Lipinski definition) is 0. The molecule has 2 saturated heterocycles. The summed E-state index contributed by atoms with van der Waals surface area (Å²) in [5, 5.41) is 0. The highest BCUT2D eigenvalue weighted by molar-refractivity contribution is 5.48. The van der Waals surface area contributed by atoms with Crippen LogP contribution in [-0.4, -0.2) is 74.4 Å². The smallest absolute Gasteiger partial charge is 0.227 e.